The van der Waals surface area contributed by atoms with Gasteiger partial charge in [0.1, 0.15) is 34.1 Å². The maximum atomic E-state index is 13.1. The third-order valence-electron chi connectivity index (χ3n) is 6.94. The van der Waals surface area contributed by atoms with Gasteiger partial charge in [-0.2, -0.15) is 0 Å². The molecule has 0 aliphatic heterocycles. The van der Waals surface area contributed by atoms with Gasteiger partial charge >= 0.3 is 18.5 Å². The first-order valence-electron chi connectivity index (χ1n) is 16.4. The molecule has 0 aromatic heterocycles. The minimum Gasteiger partial charge on any atom is -0.428 e. The molecule has 3 rings (SSSR count). The van der Waals surface area contributed by atoms with Gasteiger partial charge in [0.2, 0.25) is 0 Å². The lowest BCUT2D eigenvalue weighted by Crippen LogP contribution is -2.26. The fourth-order valence-corrected chi connectivity index (χ4v) is 5.43. The molecule has 0 fully saturated rings. The summed E-state index contributed by atoms with van der Waals surface area (Å²) in [6.45, 7) is 25.5. The third-order valence-corrected chi connectivity index (χ3v) is 6.94. The lowest BCUT2D eigenvalue weighted by Gasteiger charge is -2.22. The summed E-state index contributed by atoms with van der Waals surface area (Å²) in [5.41, 5.74) is 5.39. The van der Waals surface area contributed by atoms with Crippen molar-refractivity contribution < 1.29 is 42.8 Å². The lowest BCUT2D eigenvalue weighted by atomic mass is 9.93. The zero-order valence-corrected chi connectivity index (χ0v) is 31.6. The minimum absolute atomic E-state index is 0.411. The summed E-state index contributed by atoms with van der Waals surface area (Å²) in [5.74, 6) is 1.30. The molecule has 0 aliphatic carbocycles. The average molecular weight is 677 g/mol. The van der Waals surface area contributed by atoms with Gasteiger partial charge in [-0.25, -0.2) is 14.4 Å². The van der Waals surface area contributed by atoms with E-state index in [1.54, 1.807) is 62.3 Å². The van der Waals surface area contributed by atoms with E-state index >= 15 is 0 Å². The summed E-state index contributed by atoms with van der Waals surface area (Å²) >= 11 is 0. The summed E-state index contributed by atoms with van der Waals surface area (Å²) in [6.07, 6.45) is -1.47. The second kappa shape index (κ2) is 14.9. The van der Waals surface area contributed by atoms with Crippen molar-refractivity contribution in [1.82, 2.24) is 0 Å². The molecule has 9 heteroatoms. The van der Waals surface area contributed by atoms with Crippen LogP contribution in [0, 0.1) is 34.6 Å². The van der Waals surface area contributed by atoms with Crippen LogP contribution < -0.4 is 14.2 Å². The first-order chi connectivity index (χ1) is 22.4. The Labute approximate surface area is 291 Å². The Balaban J connectivity index is 2.02. The molecule has 0 amide bonds. The summed E-state index contributed by atoms with van der Waals surface area (Å²) in [7, 11) is 0. The van der Waals surface area contributed by atoms with E-state index in [2.05, 4.69) is 0 Å². The Morgan fingerprint density at radius 3 is 0.980 bits per heavy atom. The zero-order valence-electron chi connectivity index (χ0n) is 31.6. The number of rotatable bonds is 7. The maximum Gasteiger partial charge on any atom is 0.514 e. The van der Waals surface area contributed by atoms with Crippen LogP contribution in [0.1, 0.15) is 112 Å². The van der Waals surface area contributed by atoms with Gasteiger partial charge in [-0.1, -0.05) is 42.0 Å². The molecule has 0 heterocycles. The van der Waals surface area contributed by atoms with Gasteiger partial charge < -0.3 is 28.4 Å². The van der Waals surface area contributed by atoms with Gasteiger partial charge in [0.05, 0.1) is 0 Å². The Bertz CT molecular complexity index is 1560. The lowest BCUT2D eigenvalue weighted by molar-refractivity contribution is 0.0190. The van der Waals surface area contributed by atoms with Crippen LogP contribution in [0.15, 0.2) is 36.4 Å². The smallest absolute Gasteiger partial charge is 0.428 e. The largest absolute Gasteiger partial charge is 0.514 e. The van der Waals surface area contributed by atoms with Crippen molar-refractivity contribution in [2.75, 3.05) is 0 Å². The highest BCUT2D eigenvalue weighted by atomic mass is 16.7. The number of ether oxygens (including phenoxy) is 6. The van der Waals surface area contributed by atoms with Crippen LogP contribution in [0.2, 0.25) is 0 Å². The van der Waals surface area contributed by atoms with E-state index in [0.29, 0.717) is 30.1 Å². The predicted octanol–water partition coefficient (Wildman–Crippen LogP) is 10.4. The summed E-state index contributed by atoms with van der Waals surface area (Å²) < 4.78 is 33.4. The predicted molar refractivity (Wildman–Crippen MR) is 189 cm³/mol. The Hall–Kier alpha value is -4.53. The van der Waals surface area contributed by atoms with Crippen molar-refractivity contribution in [2.45, 2.75) is 127 Å². The Morgan fingerprint density at radius 1 is 0.449 bits per heavy atom. The maximum absolute atomic E-state index is 13.1. The molecular weight excluding hydrogens is 624 g/mol. The molecular formula is C40H52O9. The molecule has 0 N–H and O–H groups in total. The molecule has 3 aromatic rings. The SMILES string of the molecule is Cc1cc(Cc2cc(C)c(OC(=O)OC(C)(C)C)c(C)c2)c(OC(=O)OC(C)(C)C)c(Cc2cc(C)c(OC(=O)OC(C)(C)C)c(C)c2)c1. The summed E-state index contributed by atoms with van der Waals surface area (Å²) in [6, 6.07) is 11.8. The molecule has 0 atom stereocenters. The highest BCUT2D eigenvalue weighted by Gasteiger charge is 2.25. The fourth-order valence-electron chi connectivity index (χ4n) is 5.43. The van der Waals surface area contributed by atoms with Gasteiger partial charge in [0, 0.05) is 12.8 Å². The van der Waals surface area contributed by atoms with Crippen LogP contribution in [0.4, 0.5) is 14.4 Å². The number of carbonyl (C=O) groups excluding carboxylic acids is 3. The second-order valence-electron chi connectivity index (χ2n) is 15.6. The third kappa shape index (κ3) is 12.1. The number of aryl methyl sites for hydroxylation is 5. The topological polar surface area (TPSA) is 107 Å². The minimum atomic E-state index is -0.805. The number of benzene rings is 3. The van der Waals surface area contributed by atoms with Crippen molar-refractivity contribution in [3.05, 3.63) is 86.5 Å². The average Bonchev–Trinajstić information content (AvgIpc) is 2.87. The Morgan fingerprint density at radius 2 is 0.714 bits per heavy atom. The molecule has 0 saturated heterocycles. The zero-order chi connectivity index (χ0) is 37.1. The molecule has 0 unspecified atom stereocenters. The molecule has 0 saturated carbocycles. The highest BCUT2D eigenvalue weighted by molar-refractivity contribution is 5.68. The van der Waals surface area contributed by atoms with Crippen molar-refractivity contribution >= 4 is 18.5 Å². The number of carbonyl (C=O) groups is 3. The molecule has 0 bridgehead atoms. The molecule has 0 spiro atoms. The number of hydrogen-bond acceptors (Lipinski definition) is 9. The number of hydrogen-bond donors (Lipinski definition) is 0. The quantitative estimate of drug-likeness (QED) is 0.137. The van der Waals surface area contributed by atoms with E-state index in [9.17, 15) is 14.4 Å². The van der Waals surface area contributed by atoms with Gasteiger partial charge in [0.15, 0.2) is 0 Å². The van der Waals surface area contributed by atoms with Crippen LogP contribution >= 0.6 is 0 Å². The van der Waals surface area contributed by atoms with Crippen molar-refractivity contribution in [1.29, 1.82) is 0 Å². The molecule has 49 heavy (non-hydrogen) atoms. The van der Waals surface area contributed by atoms with Crippen molar-refractivity contribution in [3.63, 3.8) is 0 Å². The monoisotopic (exact) mass is 676 g/mol. The van der Waals surface area contributed by atoms with Crippen LogP contribution in [-0.4, -0.2) is 35.3 Å². The summed E-state index contributed by atoms with van der Waals surface area (Å²) in [5, 5.41) is 0. The normalized spacial score (nSPS) is 11.9. The van der Waals surface area contributed by atoms with Crippen LogP contribution in [0.5, 0.6) is 17.2 Å². The van der Waals surface area contributed by atoms with E-state index in [0.717, 1.165) is 50.1 Å². The van der Waals surface area contributed by atoms with Crippen LogP contribution in [0.25, 0.3) is 0 Å². The first kappa shape index (κ1) is 38.9. The molecule has 0 radical (unpaired) electrons. The molecule has 0 aliphatic rings. The van der Waals surface area contributed by atoms with Crippen molar-refractivity contribution in [3.8, 4) is 17.2 Å². The van der Waals surface area contributed by atoms with E-state index < -0.39 is 35.3 Å². The van der Waals surface area contributed by atoms with Gasteiger partial charge in [-0.15, -0.1) is 0 Å². The highest BCUT2D eigenvalue weighted by Crippen LogP contribution is 2.35. The van der Waals surface area contributed by atoms with E-state index in [1.807, 2.05) is 71.0 Å². The molecule has 9 nitrogen and oxygen atoms in total. The van der Waals surface area contributed by atoms with Gasteiger partial charge in [-0.3, -0.25) is 0 Å². The van der Waals surface area contributed by atoms with E-state index in [1.165, 1.54) is 0 Å². The summed E-state index contributed by atoms with van der Waals surface area (Å²) in [4.78, 5) is 37.9. The Kier molecular flexibility index (Phi) is 11.9. The van der Waals surface area contributed by atoms with E-state index in [-0.39, 0.29) is 0 Å². The van der Waals surface area contributed by atoms with Gasteiger partial charge in [0.25, 0.3) is 0 Å². The van der Waals surface area contributed by atoms with Crippen molar-refractivity contribution in [2.24, 2.45) is 0 Å². The second-order valence-corrected chi connectivity index (χ2v) is 15.6. The fraction of sp³-hybridized carbons (Fsp3) is 0.475. The van der Waals surface area contributed by atoms with Crippen LogP contribution in [-0.2, 0) is 27.1 Å². The van der Waals surface area contributed by atoms with Crippen LogP contribution in [0.3, 0.4) is 0 Å². The molecule has 3 aromatic carbocycles. The first-order valence-corrected chi connectivity index (χ1v) is 16.4. The van der Waals surface area contributed by atoms with E-state index in [4.69, 9.17) is 28.4 Å². The standard InChI is InChI=1S/C40H52O9/c1-23-15-30(21-28-17-24(2)32(25(3)18-28)44-35(41)47-38(6,7)8)34(46-37(43)49-40(12,13)14)31(16-23)22-29-19-26(4)33(27(5)20-29)45-36(42)48-39(9,10)11/h15-20H,21-22H2,1-14H3. The van der Waals surface area contributed by atoms with Gasteiger partial charge in [-0.05, 0) is 141 Å². The molecule has 266 valence electrons.